The van der Waals surface area contributed by atoms with Gasteiger partial charge in [-0.15, -0.1) is 11.3 Å². The van der Waals surface area contributed by atoms with Gasteiger partial charge < -0.3 is 0 Å². The molecule has 0 spiro atoms. The Balaban J connectivity index is 0.977. The van der Waals surface area contributed by atoms with Gasteiger partial charge in [0.1, 0.15) is 0 Å². The van der Waals surface area contributed by atoms with Crippen LogP contribution in [0.2, 0.25) is 0 Å². The molecule has 1 heterocycles. The van der Waals surface area contributed by atoms with Crippen molar-refractivity contribution < 1.29 is 0 Å². The summed E-state index contributed by atoms with van der Waals surface area (Å²) in [5.74, 6) is 1.87. The van der Waals surface area contributed by atoms with Crippen molar-refractivity contribution in [1.29, 1.82) is 0 Å². The summed E-state index contributed by atoms with van der Waals surface area (Å²) in [7, 11) is 0. The Morgan fingerprint density at radius 1 is 0.553 bits per heavy atom. The van der Waals surface area contributed by atoms with Gasteiger partial charge in [0.05, 0.1) is 0 Å². The molecular weight excluding hydrogens is 585 g/mol. The highest BCUT2D eigenvalue weighted by molar-refractivity contribution is 7.27. The van der Waals surface area contributed by atoms with Crippen molar-refractivity contribution in [3.8, 4) is 11.1 Å². The predicted molar refractivity (Wildman–Crippen MR) is 202 cm³/mol. The molecule has 0 saturated heterocycles. The van der Waals surface area contributed by atoms with Crippen LogP contribution in [0, 0.1) is 11.8 Å². The van der Waals surface area contributed by atoms with Crippen LogP contribution in [0.1, 0.15) is 41.4 Å². The molecule has 0 amide bonds. The Labute approximate surface area is 280 Å². The van der Waals surface area contributed by atoms with Gasteiger partial charge in [-0.2, -0.15) is 0 Å². The van der Waals surface area contributed by atoms with Gasteiger partial charge >= 0.3 is 0 Å². The molecule has 47 heavy (non-hydrogen) atoms. The highest BCUT2D eigenvalue weighted by Crippen LogP contribution is 2.53. The van der Waals surface area contributed by atoms with E-state index in [1.165, 1.54) is 75.5 Å². The van der Waals surface area contributed by atoms with Gasteiger partial charge in [-0.1, -0.05) is 158 Å². The van der Waals surface area contributed by atoms with E-state index in [0.29, 0.717) is 23.7 Å². The lowest BCUT2D eigenvalue weighted by atomic mass is 9.62. The maximum atomic E-state index is 2.46. The smallest absolute Gasteiger partial charge is 0.0434 e. The number of benzene rings is 5. The summed E-state index contributed by atoms with van der Waals surface area (Å²) in [5.41, 5.74) is 11.5. The molecule has 0 bridgehead atoms. The molecule has 0 saturated carbocycles. The van der Waals surface area contributed by atoms with E-state index in [0.717, 1.165) is 12.8 Å². The lowest BCUT2D eigenvalue weighted by Gasteiger charge is -2.42. The first-order valence-electron chi connectivity index (χ1n) is 17.0. The Morgan fingerprint density at radius 2 is 1.36 bits per heavy atom. The fraction of sp³-hybridized carbons (Fsp3) is 0.130. The van der Waals surface area contributed by atoms with E-state index in [-0.39, 0.29) is 0 Å². The third-order valence-corrected chi connectivity index (χ3v) is 12.4. The molecule has 0 aliphatic heterocycles. The standard InChI is InChI=1S/C46H34S/c1-2-15-35-29(10-1)22-25-43-42-21-9-20-36(46(42)47-45(35)43)34-14-8-13-32(27-34)30-11-7-12-31(26-30)33-23-24-41-39-18-4-3-16-37(39)38-17-5-6-19-40(38)44(41)28-33/h1-25,27,30,38,40,44H,26,28H2. The second-order valence-corrected chi connectivity index (χ2v) is 14.6. The second kappa shape index (κ2) is 10.8. The quantitative estimate of drug-likeness (QED) is 0.185. The third kappa shape index (κ3) is 4.34. The number of thiophene rings is 1. The minimum atomic E-state index is 0.365. The van der Waals surface area contributed by atoms with Crippen LogP contribution in [0.5, 0.6) is 0 Å². The fourth-order valence-corrected chi connectivity index (χ4v) is 10.2. The van der Waals surface area contributed by atoms with Gasteiger partial charge in [0.25, 0.3) is 0 Å². The average Bonchev–Trinajstić information content (AvgIpc) is 3.54. The van der Waals surface area contributed by atoms with E-state index in [1.807, 2.05) is 11.3 Å². The molecular formula is C46H34S. The average molecular weight is 619 g/mol. The maximum absolute atomic E-state index is 2.46. The fourth-order valence-electron chi connectivity index (χ4n) is 8.81. The summed E-state index contributed by atoms with van der Waals surface area (Å²) in [5, 5.41) is 5.37. The summed E-state index contributed by atoms with van der Waals surface area (Å²) in [4.78, 5) is 0. The molecule has 4 aliphatic rings. The van der Waals surface area contributed by atoms with Gasteiger partial charge in [0.15, 0.2) is 0 Å². The minimum Gasteiger partial charge on any atom is -0.134 e. The third-order valence-electron chi connectivity index (χ3n) is 11.1. The first-order valence-corrected chi connectivity index (χ1v) is 17.8. The zero-order chi connectivity index (χ0) is 30.9. The molecule has 10 rings (SSSR count). The molecule has 1 aromatic heterocycles. The normalized spacial score (nSPS) is 22.9. The van der Waals surface area contributed by atoms with Crippen LogP contribution in [-0.2, 0) is 0 Å². The number of hydrogen-bond donors (Lipinski definition) is 0. The topological polar surface area (TPSA) is 0 Å². The molecule has 4 aliphatic carbocycles. The van der Waals surface area contributed by atoms with E-state index in [4.69, 9.17) is 0 Å². The molecule has 0 radical (unpaired) electrons. The molecule has 5 aromatic carbocycles. The van der Waals surface area contributed by atoms with Gasteiger partial charge in [-0.25, -0.2) is 0 Å². The van der Waals surface area contributed by atoms with Crippen molar-refractivity contribution in [3.63, 3.8) is 0 Å². The molecule has 4 atom stereocenters. The van der Waals surface area contributed by atoms with Crippen molar-refractivity contribution in [2.45, 2.75) is 24.7 Å². The van der Waals surface area contributed by atoms with Crippen LogP contribution in [-0.4, -0.2) is 0 Å². The second-order valence-electron chi connectivity index (χ2n) is 13.5. The molecule has 224 valence electrons. The lowest BCUT2D eigenvalue weighted by molar-refractivity contribution is 0.425. The van der Waals surface area contributed by atoms with Crippen molar-refractivity contribution in [1.82, 2.24) is 0 Å². The first kappa shape index (κ1) is 27.2. The zero-order valence-electron chi connectivity index (χ0n) is 26.1. The summed E-state index contributed by atoms with van der Waals surface area (Å²) in [6.07, 6.45) is 23.5. The van der Waals surface area contributed by atoms with E-state index < -0.39 is 0 Å². The number of allylic oxidation sites excluding steroid dienone is 12. The van der Waals surface area contributed by atoms with E-state index in [2.05, 4.69) is 158 Å². The zero-order valence-corrected chi connectivity index (χ0v) is 27.0. The first-order chi connectivity index (χ1) is 23.3. The summed E-state index contributed by atoms with van der Waals surface area (Å²) in [6.45, 7) is 0. The predicted octanol–water partition coefficient (Wildman–Crippen LogP) is 12.7. The number of rotatable bonds is 3. The Morgan fingerprint density at radius 3 is 2.36 bits per heavy atom. The number of hydrogen-bond acceptors (Lipinski definition) is 1. The Bertz CT molecular complexity index is 2440. The SMILES string of the molecule is C1=CC(c2cccc(-c3cccc4c3sc3c5ccccc5ccc43)c2)CC(C2=CC=C3c4ccccc4C4C=CC=CC4C3C2)=C1. The summed E-state index contributed by atoms with van der Waals surface area (Å²) >= 11 is 1.94. The van der Waals surface area contributed by atoms with Crippen LogP contribution < -0.4 is 0 Å². The van der Waals surface area contributed by atoms with Gasteiger partial charge in [-0.3, -0.25) is 0 Å². The number of fused-ring (bicyclic) bond motifs is 11. The van der Waals surface area contributed by atoms with Crippen LogP contribution in [0.15, 0.2) is 169 Å². The van der Waals surface area contributed by atoms with Crippen LogP contribution in [0.25, 0.3) is 47.6 Å². The highest BCUT2D eigenvalue weighted by Gasteiger charge is 2.39. The minimum absolute atomic E-state index is 0.365. The Hall–Kier alpha value is -4.98. The van der Waals surface area contributed by atoms with E-state index >= 15 is 0 Å². The van der Waals surface area contributed by atoms with Gasteiger partial charge in [0, 0.05) is 32.0 Å². The lowest BCUT2D eigenvalue weighted by Crippen LogP contribution is -2.29. The van der Waals surface area contributed by atoms with Gasteiger partial charge in [-0.05, 0) is 80.0 Å². The van der Waals surface area contributed by atoms with Crippen molar-refractivity contribution in [3.05, 3.63) is 186 Å². The molecule has 0 fully saturated rings. The summed E-state index contributed by atoms with van der Waals surface area (Å²) < 4.78 is 2.77. The molecule has 4 unspecified atom stereocenters. The van der Waals surface area contributed by atoms with Crippen molar-refractivity contribution >= 4 is 47.9 Å². The molecule has 1 heteroatoms. The largest absolute Gasteiger partial charge is 0.134 e. The van der Waals surface area contributed by atoms with Crippen LogP contribution >= 0.6 is 11.3 Å². The maximum Gasteiger partial charge on any atom is 0.0434 e. The van der Waals surface area contributed by atoms with Crippen molar-refractivity contribution in [2.24, 2.45) is 11.8 Å². The highest BCUT2D eigenvalue weighted by atomic mass is 32.1. The van der Waals surface area contributed by atoms with E-state index in [9.17, 15) is 0 Å². The molecule has 6 aromatic rings. The Kier molecular flexibility index (Phi) is 6.24. The van der Waals surface area contributed by atoms with Gasteiger partial charge in [0.2, 0.25) is 0 Å². The molecule has 0 nitrogen and oxygen atoms in total. The van der Waals surface area contributed by atoms with Crippen molar-refractivity contribution in [2.75, 3.05) is 0 Å². The summed E-state index contributed by atoms with van der Waals surface area (Å²) in [6, 6.07) is 38.6. The van der Waals surface area contributed by atoms with Crippen LogP contribution in [0.3, 0.4) is 0 Å². The monoisotopic (exact) mass is 618 g/mol. The van der Waals surface area contributed by atoms with E-state index in [1.54, 1.807) is 0 Å². The van der Waals surface area contributed by atoms with Crippen LogP contribution in [0.4, 0.5) is 0 Å². The molecule has 0 N–H and O–H groups in total.